The van der Waals surface area contributed by atoms with Crippen molar-refractivity contribution in [1.29, 1.82) is 0 Å². The summed E-state index contributed by atoms with van der Waals surface area (Å²) in [5.74, 6) is -0.173. The highest BCUT2D eigenvalue weighted by atomic mass is 35.5. The van der Waals surface area contributed by atoms with Gasteiger partial charge in [0.15, 0.2) is 6.61 Å². The van der Waals surface area contributed by atoms with Crippen LogP contribution in [0.2, 0.25) is 10.0 Å². The molecule has 0 radical (unpaired) electrons. The highest BCUT2D eigenvalue weighted by Gasteiger charge is 2.22. The lowest BCUT2D eigenvalue weighted by atomic mass is 10.2. The number of amides is 1. The molecule has 0 aliphatic carbocycles. The first-order chi connectivity index (χ1) is 13.2. The predicted octanol–water partition coefficient (Wildman–Crippen LogP) is 4.35. The summed E-state index contributed by atoms with van der Waals surface area (Å²) in [5, 5.41) is 3.33. The number of nitrogens with one attached hydrogen (secondary N) is 1. The molecule has 28 heavy (non-hydrogen) atoms. The van der Waals surface area contributed by atoms with Crippen molar-refractivity contribution in [2.24, 2.45) is 0 Å². The molecule has 1 amide bonds. The van der Waals surface area contributed by atoms with E-state index >= 15 is 0 Å². The van der Waals surface area contributed by atoms with Crippen LogP contribution in [0.3, 0.4) is 0 Å². The summed E-state index contributed by atoms with van der Waals surface area (Å²) >= 11 is 12.2. The van der Waals surface area contributed by atoms with Crippen molar-refractivity contribution in [2.45, 2.75) is 25.7 Å². The lowest BCUT2D eigenvalue weighted by Gasteiger charge is -2.19. The molecular weight excluding hydrogens is 423 g/mol. The van der Waals surface area contributed by atoms with Gasteiger partial charge in [-0.15, -0.1) is 0 Å². The maximum Gasteiger partial charge on any atom is 0.262 e. The molecule has 0 aliphatic rings. The van der Waals surface area contributed by atoms with Gasteiger partial charge >= 0.3 is 0 Å². The number of nitrogens with zero attached hydrogens (tertiary/aromatic N) is 1. The summed E-state index contributed by atoms with van der Waals surface area (Å²) in [6.45, 7) is 5.83. The molecule has 2 aromatic rings. The average molecular weight is 445 g/mol. The minimum Gasteiger partial charge on any atom is -0.482 e. The first kappa shape index (κ1) is 22.5. The van der Waals surface area contributed by atoms with Gasteiger partial charge in [-0.05, 0) is 42.8 Å². The fourth-order valence-corrected chi connectivity index (χ4v) is 4.45. The number of anilines is 1. The first-order valence-electron chi connectivity index (χ1n) is 8.67. The second kappa shape index (κ2) is 9.60. The van der Waals surface area contributed by atoms with E-state index in [0.29, 0.717) is 23.8 Å². The molecule has 0 heterocycles. The van der Waals surface area contributed by atoms with E-state index in [1.165, 1.54) is 22.5 Å². The molecule has 9 heteroatoms. The van der Waals surface area contributed by atoms with Crippen molar-refractivity contribution in [3.05, 3.63) is 52.0 Å². The van der Waals surface area contributed by atoms with Gasteiger partial charge in [0.2, 0.25) is 10.0 Å². The molecule has 0 unspecified atom stereocenters. The normalized spacial score (nSPS) is 11.5. The van der Waals surface area contributed by atoms with Gasteiger partial charge in [0.25, 0.3) is 5.91 Å². The highest BCUT2D eigenvalue weighted by molar-refractivity contribution is 7.89. The maximum atomic E-state index is 12.5. The number of hydrogen-bond acceptors (Lipinski definition) is 4. The summed E-state index contributed by atoms with van der Waals surface area (Å²) in [4.78, 5) is 12.1. The van der Waals surface area contributed by atoms with Crippen LogP contribution < -0.4 is 10.1 Å². The standard InChI is InChI=1S/C19H22Cl2N2O4S/c1-4-23(5-2)28(25,26)15-8-9-18(17(21)11-15)27-12-19(24)22-14-7-6-13(3)16(20)10-14/h6-11H,4-5,12H2,1-3H3,(H,22,24). The van der Waals surface area contributed by atoms with E-state index in [0.717, 1.165) is 5.56 Å². The van der Waals surface area contributed by atoms with Gasteiger partial charge in [-0.3, -0.25) is 4.79 Å². The Morgan fingerprint density at radius 1 is 1.07 bits per heavy atom. The molecule has 1 N–H and O–H groups in total. The average Bonchev–Trinajstić information content (AvgIpc) is 2.64. The fourth-order valence-electron chi connectivity index (χ4n) is 2.48. The van der Waals surface area contributed by atoms with Gasteiger partial charge in [-0.2, -0.15) is 4.31 Å². The van der Waals surface area contributed by atoms with E-state index < -0.39 is 15.9 Å². The SMILES string of the molecule is CCN(CC)S(=O)(=O)c1ccc(OCC(=O)Nc2ccc(C)c(Cl)c2)c(Cl)c1. The summed E-state index contributed by atoms with van der Waals surface area (Å²) in [7, 11) is -3.62. The molecule has 6 nitrogen and oxygen atoms in total. The van der Waals surface area contributed by atoms with Gasteiger partial charge in [0, 0.05) is 23.8 Å². The van der Waals surface area contributed by atoms with Crippen LogP contribution in [0.25, 0.3) is 0 Å². The van der Waals surface area contributed by atoms with Crippen molar-refractivity contribution in [3.63, 3.8) is 0 Å². The van der Waals surface area contributed by atoms with Crippen molar-refractivity contribution in [2.75, 3.05) is 25.0 Å². The van der Waals surface area contributed by atoms with E-state index in [-0.39, 0.29) is 22.3 Å². The van der Waals surface area contributed by atoms with Crippen LogP contribution in [0.5, 0.6) is 5.75 Å². The molecule has 0 spiro atoms. The van der Waals surface area contributed by atoms with E-state index in [9.17, 15) is 13.2 Å². The number of aryl methyl sites for hydroxylation is 1. The molecule has 0 bridgehead atoms. The number of carbonyl (C=O) groups is 1. The van der Waals surface area contributed by atoms with Gasteiger partial charge in [0.05, 0.1) is 9.92 Å². The maximum absolute atomic E-state index is 12.5. The van der Waals surface area contributed by atoms with Crippen molar-refractivity contribution in [3.8, 4) is 5.75 Å². The van der Waals surface area contributed by atoms with Gasteiger partial charge in [-0.25, -0.2) is 8.42 Å². The molecule has 2 aromatic carbocycles. The second-order valence-electron chi connectivity index (χ2n) is 5.98. The van der Waals surface area contributed by atoms with Crippen LogP contribution >= 0.6 is 23.2 Å². The second-order valence-corrected chi connectivity index (χ2v) is 8.73. The predicted molar refractivity (Wildman–Crippen MR) is 112 cm³/mol. The molecule has 0 fully saturated rings. The number of carbonyl (C=O) groups excluding carboxylic acids is 1. The van der Waals surface area contributed by atoms with Crippen molar-refractivity contribution >= 4 is 44.8 Å². The number of hydrogen-bond donors (Lipinski definition) is 1. The monoisotopic (exact) mass is 444 g/mol. The lowest BCUT2D eigenvalue weighted by Crippen LogP contribution is -2.30. The third-order valence-corrected chi connectivity index (χ3v) is 6.81. The fraction of sp³-hybridized carbons (Fsp3) is 0.316. The van der Waals surface area contributed by atoms with Crippen molar-refractivity contribution in [1.82, 2.24) is 4.31 Å². The molecule has 0 aliphatic heterocycles. The molecule has 0 aromatic heterocycles. The Kier molecular flexibility index (Phi) is 7.71. The number of benzene rings is 2. The Morgan fingerprint density at radius 2 is 1.75 bits per heavy atom. The molecular formula is C19H22Cl2N2O4S. The summed E-state index contributed by atoms with van der Waals surface area (Å²) < 4.78 is 31.8. The summed E-state index contributed by atoms with van der Waals surface area (Å²) in [5.41, 5.74) is 1.46. The molecule has 0 saturated carbocycles. The van der Waals surface area contributed by atoms with E-state index in [1.807, 2.05) is 6.92 Å². The molecule has 2 rings (SSSR count). The summed E-state index contributed by atoms with van der Waals surface area (Å²) in [6.07, 6.45) is 0. The van der Waals surface area contributed by atoms with Crippen LogP contribution in [-0.4, -0.2) is 38.3 Å². The zero-order valence-electron chi connectivity index (χ0n) is 15.8. The Labute approximate surface area is 175 Å². The smallest absolute Gasteiger partial charge is 0.262 e. The lowest BCUT2D eigenvalue weighted by molar-refractivity contribution is -0.118. The third kappa shape index (κ3) is 5.38. The van der Waals surface area contributed by atoms with Gasteiger partial charge in [0.1, 0.15) is 5.75 Å². The van der Waals surface area contributed by atoms with Crippen LogP contribution in [0.15, 0.2) is 41.3 Å². The van der Waals surface area contributed by atoms with E-state index in [2.05, 4.69) is 5.32 Å². The number of ether oxygens (including phenoxy) is 1. The van der Waals surface area contributed by atoms with Crippen LogP contribution in [0.4, 0.5) is 5.69 Å². The molecule has 152 valence electrons. The van der Waals surface area contributed by atoms with Gasteiger partial charge < -0.3 is 10.1 Å². The van der Waals surface area contributed by atoms with Crippen LogP contribution in [0, 0.1) is 6.92 Å². The highest BCUT2D eigenvalue weighted by Crippen LogP contribution is 2.29. The third-order valence-electron chi connectivity index (χ3n) is 4.06. The number of halogens is 2. The molecule has 0 atom stereocenters. The molecule has 0 saturated heterocycles. The van der Waals surface area contributed by atoms with Gasteiger partial charge in [-0.1, -0.05) is 43.1 Å². The number of sulfonamides is 1. The first-order valence-corrected chi connectivity index (χ1v) is 10.9. The Bertz CT molecular complexity index is 960. The Balaban J connectivity index is 2.05. The van der Waals surface area contributed by atoms with Crippen molar-refractivity contribution < 1.29 is 17.9 Å². The van der Waals surface area contributed by atoms with E-state index in [1.54, 1.807) is 32.0 Å². The van der Waals surface area contributed by atoms with E-state index in [4.69, 9.17) is 27.9 Å². The Hall–Kier alpha value is -1.80. The quantitative estimate of drug-likeness (QED) is 0.656. The zero-order chi connectivity index (χ0) is 20.9. The number of rotatable bonds is 8. The largest absolute Gasteiger partial charge is 0.482 e. The summed E-state index contributed by atoms with van der Waals surface area (Å²) in [6, 6.07) is 9.35. The van der Waals surface area contributed by atoms with Crippen LogP contribution in [0.1, 0.15) is 19.4 Å². The van der Waals surface area contributed by atoms with Crippen LogP contribution in [-0.2, 0) is 14.8 Å². The topological polar surface area (TPSA) is 75.7 Å². The minimum atomic E-state index is -3.62. The minimum absolute atomic E-state index is 0.0762. The zero-order valence-corrected chi connectivity index (χ0v) is 18.2. The Morgan fingerprint density at radius 3 is 2.32 bits per heavy atom.